The van der Waals surface area contributed by atoms with E-state index in [1.807, 2.05) is 41.2 Å². The summed E-state index contributed by atoms with van der Waals surface area (Å²) in [5.41, 5.74) is 6.79. The van der Waals surface area contributed by atoms with Gasteiger partial charge in [0.1, 0.15) is 5.75 Å². The van der Waals surface area contributed by atoms with Crippen molar-refractivity contribution in [3.05, 3.63) is 66.1 Å². The molecule has 4 aromatic rings. The van der Waals surface area contributed by atoms with Crippen molar-refractivity contribution >= 4 is 29.1 Å². The van der Waals surface area contributed by atoms with Crippen molar-refractivity contribution in [3.8, 4) is 17.0 Å². The molecule has 1 saturated heterocycles. The van der Waals surface area contributed by atoms with Gasteiger partial charge in [-0.05, 0) is 29.3 Å². The molecule has 4 heterocycles. The second kappa shape index (κ2) is 9.01. The molecule has 2 aliphatic rings. The minimum Gasteiger partial charge on any atom is -0.495 e. The molecule has 9 nitrogen and oxygen atoms in total. The highest BCUT2D eigenvalue weighted by molar-refractivity contribution is 5.86. The number of imidazole rings is 1. The number of hydrogen-bond acceptors (Lipinski definition) is 8. The van der Waals surface area contributed by atoms with Crippen LogP contribution in [0.15, 0.2) is 60.0 Å². The van der Waals surface area contributed by atoms with Crippen LogP contribution in [0.1, 0.15) is 11.1 Å². The first kappa shape index (κ1) is 21.6. The van der Waals surface area contributed by atoms with E-state index in [4.69, 9.17) is 14.5 Å². The molecule has 2 aromatic carbocycles. The molecule has 0 bridgehead atoms. The summed E-state index contributed by atoms with van der Waals surface area (Å²) in [6, 6.07) is 12.3. The Bertz CT molecular complexity index is 1420. The van der Waals surface area contributed by atoms with Crippen molar-refractivity contribution < 1.29 is 14.6 Å². The lowest BCUT2D eigenvalue weighted by Crippen LogP contribution is -2.44. The highest BCUT2D eigenvalue weighted by atomic mass is 16.5. The number of benzene rings is 2. The average molecular weight is 471 g/mol. The maximum Gasteiger partial charge on any atom is 0.180 e. The van der Waals surface area contributed by atoms with Gasteiger partial charge in [-0.15, -0.1) is 0 Å². The van der Waals surface area contributed by atoms with E-state index in [-0.39, 0.29) is 12.7 Å². The van der Waals surface area contributed by atoms with E-state index < -0.39 is 0 Å². The van der Waals surface area contributed by atoms with Gasteiger partial charge in [0.05, 0.1) is 44.4 Å². The van der Waals surface area contributed by atoms with Crippen molar-refractivity contribution in [1.82, 2.24) is 14.4 Å². The number of ether oxygens (including phenoxy) is 2. The summed E-state index contributed by atoms with van der Waals surface area (Å²) in [6.07, 6.45) is 7.39. The number of aliphatic hydroxyl groups excluding tert-OH is 1. The lowest BCUT2D eigenvalue weighted by molar-refractivity contribution is 0.00347. The number of morpholine rings is 1. The zero-order chi connectivity index (χ0) is 23.8. The SMILES string of the molecule is COc1cc(Nc2nc(-c3ccc4c(c3)CN=C4)cn3ccnc23)ccc1N1CCO[C@H](CO)C1. The predicted molar refractivity (Wildman–Crippen MR) is 135 cm³/mol. The third kappa shape index (κ3) is 4.09. The lowest BCUT2D eigenvalue weighted by Gasteiger charge is -2.34. The van der Waals surface area contributed by atoms with Gasteiger partial charge in [-0.1, -0.05) is 12.1 Å². The fourth-order valence-electron chi connectivity index (χ4n) is 4.63. The number of aromatic nitrogens is 3. The third-order valence-corrected chi connectivity index (χ3v) is 6.43. The number of fused-ring (bicyclic) bond motifs is 2. The topological polar surface area (TPSA) is 96.5 Å². The summed E-state index contributed by atoms with van der Waals surface area (Å²) in [6.45, 7) is 2.62. The van der Waals surface area contributed by atoms with Crippen LogP contribution >= 0.6 is 0 Å². The molecule has 0 spiro atoms. The average Bonchev–Trinajstić information content (AvgIpc) is 3.57. The molecular formula is C26H26N6O3. The molecule has 9 heteroatoms. The van der Waals surface area contributed by atoms with Gasteiger partial charge >= 0.3 is 0 Å². The van der Waals surface area contributed by atoms with Crippen molar-refractivity contribution in [2.45, 2.75) is 12.6 Å². The first-order chi connectivity index (χ1) is 17.2. The van der Waals surface area contributed by atoms with Crippen LogP contribution in [0.5, 0.6) is 5.75 Å². The van der Waals surface area contributed by atoms with Crippen LogP contribution in [0.25, 0.3) is 16.9 Å². The molecule has 0 unspecified atom stereocenters. The number of nitrogens with zero attached hydrogens (tertiary/aromatic N) is 5. The van der Waals surface area contributed by atoms with Gasteiger partial charge in [0.25, 0.3) is 0 Å². The minimum atomic E-state index is -0.197. The molecule has 6 rings (SSSR count). The highest BCUT2D eigenvalue weighted by Gasteiger charge is 2.22. The molecule has 2 N–H and O–H groups in total. The van der Waals surface area contributed by atoms with Gasteiger partial charge in [0.2, 0.25) is 0 Å². The Labute approximate surface area is 202 Å². The van der Waals surface area contributed by atoms with Crippen molar-refractivity contribution in [3.63, 3.8) is 0 Å². The molecule has 2 aromatic heterocycles. The normalized spacial score (nSPS) is 17.1. The molecule has 0 saturated carbocycles. The first-order valence-electron chi connectivity index (χ1n) is 11.6. The minimum absolute atomic E-state index is 0.00196. The van der Waals surface area contributed by atoms with E-state index in [2.05, 4.69) is 38.4 Å². The van der Waals surface area contributed by atoms with Crippen molar-refractivity contribution in [1.29, 1.82) is 0 Å². The van der Waals surface area contributed by atoms with Gasteiger partial charge in [0.15, 0.2) is 11.5 Å². The maximum atomic E-state index is 9.50. The van der Waals surface area contributed by atoms with E-state index in [1.165, 1.54) is 5.56 Å². The molecule has 35 heavy (non-hydrogen) atoms. The van der Waals surface area contributed by atoms with Crippen LogP contribution in [-0.2, 0) is 11.3 Å². The Balaban J connectivity index is 1.32. The van der Waals surface area contributed by atoms with E-state index >= 15 is 0 Å². The highest BCUT2D eigenvalue weighted by Crippen LogP contribution is 2.34. The summed E-state index contributed by atoms with van der Waals surface area (Å²) < 4.78 is 13.3. The van der Waals surface area contributed by atoms with E-state index in [9.17, 15) is 5.11 Å². The lowest BCUT2D eigenvalue weighted by atomic mass is 10.0. The van der Waals surface area contributed by atoms with Crippen molar-refractivity contribution in [2.24, 2.45) is 4.99 Å². The fourth-order valence-corrected chi connectivity index (χ4v) is 4.63. The van der Waals surface area contributed by atoms with Crippen LogP contribution in [0, 0.1) is 0 Å². The number of nitrogens with one attached hydrogen (secondary N) is 1. The van der Waals surface area contributed by atoms with Crippen LogP contribution in [-0.4, -0.2) is 65.2 Å². The quantitative estimate of drug-likeness (QED) is 0.446. The maximum absolute atomic E-state index is 9.50. The zero-order valence-electron chi connectivity index (χ0n) is 19.4. The Kier molecular flexibility index (Phi) is 5.55. The van der Waals surface area contributed by atoms with Gasteiger partial charge in [-0.3, -0.25) is 4.99 Å². The van der Waals surface area contributed by atoms with E-state index in [0.29, 0.717) is 25.5 Å². The van der Waals surface area contributed by atoms with Gasteiger partial charge < -0.3 is 29.2 Å². The predicted octanol–water partition coefficient (Wildman–Crippen LogP) is 3.28. The number of methoxy groups -OCH3 is 1. The van der Waals surface area contributed by atoms with Crippen LogP contribution in [0.4, 0.5) is 17.2 Å². The Morgan fingerprint density at radius 1 is 1.23 bits per heavy atom. The molecule has 0 amide bonds. The number of aliphatic imine (C=N–C) groups is 1. The van der Waals surface area contributed by atoms with Crippen molar-refractivity contribution in [2.75, 3.05) is 43.6 Å². The van der Waals surface area contributed by atoms with Crippen LogP contribution < -0.4 is 15.0 Å². The monoisotopic (exact) mass is 470 g/mol. The van der Waals surface area contributed by atoms with Gasteiger partial charge in [-0.2, -0.15) is 0 Å². The Morgan fingerprint density at radius 2 is 2.17 bits per heavy atom. The van der Waals surface area contributed by atoms with E-state index in [0.717, 1.165) is 46.1 Å². The largest absolute Gasteiger partial charge is 0.495 e. The standard InChI is InChI=1S/C26H26N6O3/c1-34-24-11-20(4-5-23(24)31-8-9-35-21(14-31)16-33)29-25-26-28-6-7-32(26)15-22(30-25)17-2-3-18-12-27-13-19(18)10-17/h2-7,10-12,15,21,33H,8-9,13-14,16H2,1H3,(H,29,30)/t21-/m0/s1. The molecule has 0 aliphatic carbocycles. The summed E-state index contributed by atoms with van der Waals surface area (Å²) >= 11 is 0. The zero-order valence-corrected chi connectivity index (χ0v) is 19.4. The number of aliphatic hydroxyl groups is 1. The molecule has 1 atom stereocenters. The summed E-state index contributed by atoms with van der Waals surface area (Å²) in [4.78, 5) is 16.0. The second-order valence-electron chi connectivity index (χ2n) is 8.65. The molecule has 1 fully saturated rings. The third-order valence-electron chi connectivity index (χ3n) is 6.43. The van der Waals surface area contributed by atoms with Crippen LogP contribution in [0.3, 0.4) is 0 Å². The fraction of sp³-hybridized carbons (Fsp3) is 0.269. The molecule has 2 aliphatic heterocycles. The van der Waals surface area contributed by atoms with Crippen LogP contribution in [0.2, 0.25) is 0 Å². The smallest absolute Gasteiger partial charge is 0.180 e. The molecular weight excluding hydrogens is 444 g/mol. The Morgan fingerprint density at radius 3 is 3.06 bits per heavy atom. The van der Waals surface area contributed by atoms with Gasteiger partial charge in [-0.25, -0.2) is 9.97 Å². The molecule has 0 radical (unpaired) electrons. The van der Waals surface area contributed by atoms with Gasteiger partial charge in [0, 0.05) is 55.2 Å². The summed E-state index contributed by atoms with van der Waals surface area (Å²) in [5.74, 6) is 1.40. The first-order valence-corrected chi connectivity index (χ1v) is 11.6. The summed E-state index contributed by atoms with van der Waals surface area (Å²) in [5, 5.41) is 12.9. The van der Waals surface area contributed by atoms with E-state index in [1.54, 1.807) is 13.3 Å². The Hall–Kier alpha value is -3.95. The second-order valence-corrected chi connectivity index (χ2v) is 8.65. The number of hydrogen-bond donors (Lipinski definition) is 2. The number of anilines is 3. The molecule has 178 valence electrons. The summed E-state index contributed by atoms with van der Waals surface area (Å²) in [7, 11) is 1.66. The number of rotatable bonds is 6.